The van der Waals surface area contributed by atoms with Crippen LogP contribution in [0.25, 0.3) is 0 Å². The highest BCUT2D eigenvalue weighted by Gasteiger charge is 2.40. The summed E-state index contributed by atoms with van der Waals surface area (Å²) in [7, 11) is 2.95. The third-order valence-corrected chi connectivity index (χ3v) is 5.11. The van der Waals surface area contributed by atoms with Crippen molar-refractivity contribution in [3.8, 4) is 23.0 Å². The first-order chi connectivity index (χ1) is 15.5. The minimum Gasteiger partial charge on any atom is -0.497 e. The maximum Gasteiger partial charge on any atom is 0.283 e. The van der Waals surface area contributed by atoms with Gasteiger partial charge >= 0.3 is 0 Å². The number of carbonyl (C=O) groups excluding carboxylic acids is 2. The van der Waals surface area contributed by atoms with E-state index in [1.54, 1.807) is 42.5 Å². The Morgan fingerprint density at radius 1 is 0.781 bits per heavy atom. The zero-order chi connectivity index (χ0) is 22.7. The Balaban J connectivity index is 1.54. The number of nitrogens with zero attached hydrogens (tertiary/aromatic N) is 1. The lowest BCUT2D eigenvalue weighted by Gasteiger charge is -2.18. The standard InChI is InChI=1S/C24H19ClN2O5/c1-30-18-12-13-19(20(14-18)31-2)27-23(28)21(25)22(24(27)29)26-15-8-10-17(11-9-15)32-16-6-4-3-5-7-16/h3-14,26H,1-2H3. The number of rotatable bonds is 7. The second-order valence-corrected chi connectivity index (χ2v) is 7.11. The van der Waals surface area contributed by atoms with Crippen LogP contribution in [0.4, 0.5) is 11.4 Å². The van der Waals surface area contributed by atoms with Gasteiger partial charge in [0.25, 0.3) is 11.8 Å². The molecule has 1 aliphatic heterocycles. The summed E-state index contributed by atoms with van der Waals surface area (Å²) in [4.78, 5) is 26.8. The molecule has 0 spiro atoms. The Morgan fingerprint density at radius 2 is 1.44 bits per heavy atom. The number of hydrogen-bond acceptors (Lipinski definition) is 6. The molecule has 0 fully saturated rings. The van der Waals surface area contributed by atoms with Crippen LogP contribution in [0.15, 0.2) is 83.5 Å². The van der Waals surface area contributed by atoms with Crippen LogP contribution >= 0.6 is 11.6 Å². The van der Waals surface area contributed by atoms with Crippen LogP contribution in [0.3, 0.4) is 0 Å². The molecule has 3 aromatic rings. The summed E-state index contributed by atoms with van der Waals surface area (Å²) in [5.41, 5.74) is 0.819. The van der Waals surface area contributed by atoms with Crippen LogP contribution in [-0.2, 0) is 9.59 Å². The Kier molecular flexibility index (Phi) is 6.00. The van der Waals surface area contributed by atoms with Crippen LogP contribution < -0.4 is 24.4 Å². The summed E-state index contributed by atoms with van der Waals surface area (Å²) in [5.74, 6) is 0.929. The zero-order valence-corrected chi connectivity index (χ0v) is 18.1. The van der Waals surface area contributed by atoms with E-state index in [4.69, 9.17) is 25.8 Å². The first kappa shape index (κ1) is 21.3. The molecule has 0 aromatic heterocycles. The summed E-state index contributed by atoms with van der Waals surface area (Å²) < 4.78 is 16.3. The molecule has 0 bridgehead atoms. The number of carbonyl (C=O) groups is 2. The van der Waals surface area contributed by atoms with E-state index in [0.29, 0.717) is 28.7 Å². The minimum atomic E-state index is -0.647. The molecule has 4 rings (SSSR count). The number of hydrogen-bond donors (Lipinski definition) is 1. The molecule has 1 aliphatic rings. The van der Waals surface area contributed by atoms with Crippen LogP contribution in [0.1, 0.15) is 0 Å². The van der Waals surface area contributed by atoms with Gasteiger partial charge in [-0.25, -0.2) is 4.90 Å². The number of anilines is 2. The van der Waals surface area contributed by atoms with E-state index in [1.165, 1.54) is 14.2 Å². The van der Waals surface area contributed by atoms with Crippen molar-refractivity contribution in [1.29, 1.82) is 0 Å². The molecule has 1 N–H and O–H groups in total. The highest BCUT2D eigenvalue weighted by Crippen LogP contribution is 2.37. The molecule has 0 radical (unpaired) electrons. The number of benzene rings is 3. The van der Waals surface area contributed by atoms with E-state index < -0.39 is 11.8 Å². The van der Waals surface area contributed by atoms with Crippen molar-refractivity contribution in [2.24, 2.45) is 0 Å². The molecule has 0 aliphatic carbocycles. The van der Waals surface area contributed by atoms with Gasteiger partial charge in [-0.05, 0) is 48.5 Å². The summed E-state index contributed by atoms with van der Waals surface area (Å²) >= 11 is 6.23. The topological polar surface area (TPSA) is 77.1 Å². The third-order valence-electron chi connectivity index (χ3n) is 4.76. The summed E-state index contributed by atoms with van der Waals surface area (Å²) in [6.07, 6.45) is 0. The first-order valence-corrected chi connectivity index (χ1v) is 10.00. The molecule has 0 saturated heterocycles. The van der Waals surface area contributed by atoms with Crippen LogP contribution in [-0.4, -0.2) is 26.0 Å². The Labute approximate surface area is 189 Å². The number of ether oxygens (including phenoxy) is 3. The molecule has 3 aromatic carbocycles. The fourth-order valence-corrected chi connectivity index (χ4v) is 3.39. The van der Waals surface area contributed by atoms with Crippen molar-refractivity contribution in [3.63, 3.8) is 0 Å². The first-order valence-electron chi connectivity index (χ1n) is 9.62. The molecule has 162 valence electrons. The quantitative estimate of drug-likeness (QED) is 0.514. The fraction of sp³-hybridized carbons (Fsp3) is 0.0833. The van der Waals surface area contributed by atoms with Gasteiger partial charge in [-0.2, -0.15) is 0 Å². The van der Waals surface area contributed by atoms with Gasteiger partial charge < -0.3 is 19.5 Å². The summed E-state index contributed by atoms with van der Waals surface area (Å²) in [6.45, 7) is 0. The molecule has 0 saturated carbocycles. The number of halogens is 1. The van der Waals surface area contributed by atoms with Gasteiger partial charge in [-0.15, -0.1) is 0 Å². The van der Waals surface area contributed by atoms with E-state index in [0.717, 1.165) is 4.90 Å². The summed E-state index contributed by atoms with van der Waals surface area (Å²) in [6, 6.07) is 21.1. The smallest absolute Gasteiger partial charge is 0.283 e. The van der Waals surface area contributed by atoms with E-state index in [-0.39, 0.29) is 16.4 Å². The molecule has 0 atom stereocenters. The number of amides is 2. The minimum absolute atomic E-state index is 0.0220. The van der Waals surface area contributed by atoms with Crippen molar-refractivity contribution >= 4 is 34.8 Å². The Hall–Kier alpha value is -3.97. The highest BCUT2D eigenvalue weighted by molar-refractivity contribution is 6.53. The Morgan fingerprint density at radius 3 is 2.09 bits per heavy atom. The third kappa shape index (κ3) is 4.10. The van der Waals surface area contributed by atoms with Gasteiger partial charge in [-0.1, -0.05) is 29.8 Å². The van der Waals surface area contributed by atoms with Crippen LogP contribution in [0, 0.1) is 0 Å². The average Bonchev–Trinajstić information content (AvgIpc) is 3.03. The van der Waals surface area contributed by atoms with E-state index in [1.807, 2.05) is 30.3 Å². The molecule has 2 amide bonds. The SMILES string of the molecule is COc1ccc(N2C(=O)C(Cl)=C(Nc3ccc(Oc4ccccc4)cc3)C2=O)c(OC)c1. The predicted octanol–water partition coefficient (Wildman–Crippen LogP) is 4.93. The van der Waals surface area contributed by atoms with Crippen molar-refractivity contribution in [3.05, 3.63) is 83.5 Å². The summed E-state index contributed by atoms with van der Waals surface area (Å²) in [5, 5.41) is 2.73. The van der Waals surface area contributed by atoms with Gasteiger partial charge in [0.15, 0.2) is 0 Å². The largest absolute Gasteiger partial charge is 0.497 e. The van der Waals surface area contributed by atoms with Crippen LogP contribution in [0.5, 0.6) is 23.0 Å². The van der Waals surface area contributed by atoms with E-state index in [2.05, 4.69) is 5.32 Å². The number of imide groups is 1. The highest BCUT2D eigenvalue weighted by atomic mass is 35.5. The van der Waals surface area contributed by atoms with Crippen LogP contribution in [0.2, 0.25) is 0 Å². The predicted molar refractivity (Wildman–Crippen MR) is 121 cm³/mol. The van der Waals surface area contributed by atoms with Gasteiger partial charge in [0.2, 0.25) is 0 Å². The average molecular weight is 451 g/mol. The fourth-order valence-electron chi connectivity index (χ4n) is 3.18. The molecule has 7 nitrogen and oxygen atoms in total. The lowest BCUT2D eigenvalue weighted by molar-refractivity contribution is -0.120. The normalized spacial score (nSPS) is 13.4. The molecular weight excluding hydrogens is 432 g/mol. The molecule has 1 heterocycles. The van der Waals surface area contributed by atoms with Gasteiger partial charge in [0, 0.05) is 11.8 Å². The Bertz CT molecular complexity index is 1190. The number of methoxy groups -OCH3 is 2. The van der Waals surface area contributed by atoms with Gasteiger partial charge in [0.05, 0.1) is 19.9 Å². The van der Waals surface area contributed by atoms with Crippen molar-refractivity contribution in [2.45, 2.75) is 0 Å². The van der Waals surface area contributed by atoms with E-state index >= 15 is 0 Å². The maximum atomic E-state index is 13.1. The number of para-hydroxylation sites is 1. The molecule has 0 unspecified atom stereocenters. The van der Waals surface area contributed by atoms with Crippen molar-refractivity contribution < 1.29 is 23.8 Å². The number of nitrogens with one attached hydrogen (secondary N) is 1. The van der Waals surface area contributed by atoms with E-state index in [9.17, 15) is 9.59 Å². The molecule has 32 heavy (non-hydrogen) atoms. The monoisotopic (exact) mass is 450 g/mol. The van der Waals surface area contributed by atoms with Gasteiger partial charge in [-0.3, -0.25) is 9.59 Å². The molecule has 8 heteroatoms. The van der Waals surface area contributed by atoms with Gasteiger partial charge in [0.1, 0.15) is 33.7 Å². The lowest BCUT2D eigenvalue weighted by atomic mass is 10.2. The second-order valence-electron chi connectivity index (χ2n) is 6.74. The lowest BCUT2D eigenvalue weighted by Crippen LogP contribution is -2.32. The zero-order valence-electron chi connectivity index (χ0n) is 17.3. The van der Waals surface area contributed by atoms with Crippen molar-refractivity contribution in [1.82, 2.24) is 0 Å². The van der Waals surface area contributed by atoms with Crippen molar-refractivity contribution in [2.75, 3.05) is 24.4 Å². The molecular formula is C24H19ClN2O5. The maximum absolute atomic E-state index is 13.1. The second kappa shape index (κ2) is 9.03.